The molecule has 3 aromatic heterocycles. The first-order valence-corrected chi connectivity index (χ1v) is 13.9. The molecule has 8 heteroatoms. The number of aromatic nitrogens is 4. The summed E-state index contributed by atoms with van der Waals surface area (Å²) in [5.74, 6) is -1.76. The van der Waals surface area contributed by atoms with E-state index >= 15 is 0 Å². The van der Waals surface area contributed by atoms with Gasteiger partial charge in [-0.25, -0.2) is 9.97 Å². The Balaban J connectivity index is 1.94. The number of carboxylic acid groups (broad SMARTS) is 2. The average molecular weight is 563 g/mol. The van der Waals surface area contributed by atoms with E-state index in [0.29, 0.717) is 24.2 Å². The summed E-state index contributed by atoms with van der Waals surface area (Å²) < 4.78 is 0. The van der Waals surface area contributed by atoms with Crippen molar-refractivity contribution in [3.8, 4) is 0 Å². The quantitative estimate of drug-likeness (QED) is 0.225. The van der Waals surface area contributed by atoms with Gasteiger partial charge in [-0.3, -0.25) is 9.59 Å². The second-order valence-electron chi connectivity index (χ2n) is 10.7. The molecule has 42 heavy (non-hydrogen) atoms. The van der Waals surface area contributed by atoms with E-state index in [1.165, 1.54) is 0 Å². The molecule has 8 bridgehead atoms. The monoisotopic (exact) mass is 562 g/mol. The number of hydrogen-bond acceptors (Lipinski definition) is 4. The summed E-state index contributed by atoms with van der Waals surface area (Å²) in [5.41, 5.74) is 13.7. The maximum Gasteiger partial charge on any atom is 0.303 e. The molecule has 0 saturated heterocycles. The van der Waals surface area contributed by atoms with Crippen LogP contribution in [0.25, 0.3) is 50.4 Å². The Morgan fingerprint density at radius 1 is 0.714 bits per heavy atom. The van der Waals surface area contributed by atoms with E-state index in [0.717, 1.165) is 78.0 Å². The predicted octanol–water partition coefficient (Wildman–Crippen LogP) is 7.50. The Morgan fingerprint density at radius 2 is 1.31 bits per heavy atom. The summed E-state index contributed by atoms with van der Waals surface area (Å²) >= 11 is 0. The van der Waals surface area contributed by atoms with Crippen LogP contribution in [-0.2, 0) is 16.0 Å². The number of fused-ring (bicyclic) bond motifs is 8. The highest BCUT2D eigenvalue weighted by molar-refractivity contribution is 5.98. The summed E-state index contributed by atoms with van der Waals surface area (Å²) in [6.07, 6.45) is 4.22. The second kappa shape index (κ2) is 11.1. The highest BCUT2D eigenvalue weighted by Crippen LogP contribution is 2.37. The molecule has 0 saturated carbocycles. The molecule has 5 rings (SSSR count). The standard InChI is InChI=1S/C34H34N4O4/c1-7-21-17(3)25-13-26-19(5)23(9-11-33(39)40)31(37-26)16-32-24(10-12-34(41)42)20(6)28(38-32)15-30-22(8-2)18(4)27(36-30)14-29(21)35-25/h7-8,13-16,35,37H,1-2,9-12H2,3-6H3,(H,39,40)(H,41,42). The van der Waals surface area contributed by atoms with Crippen LogP contribution in [0.2, 0.25) is 0 Å². The van der Waals surface area contributed by atoms with Crippen LogP contribution in [0, 0.1) is 13.8 Å². The van der Waals surface area contributed by atoms with Crippen LogP contribution in [0.3, 0.4) is 0 Å². The predicted molar refractivity (Wildman–Crippen MR) is 169 cm³/mol. The topological polar surface area (TPSA) is 132 Å². The number of aromatic amines is 2. The number of carboxylic acids is 2. The molecule has 0 fully saturated rings. The number of nitrogens with zero attached hydrogens (tertiary/aromatic N) is 2. The van der Waals surface area contributed by atoms with Gasteiger partial charge in [-0.05, 0) is 98.2 Å². The smallest absolute Gasteiger partial charge is 0.303 e. The number of H-pyrrole nitrogens is 2. The molecular weight excluding hydrogens is 528 g/mol. The van der Waals surface area contributed by atoms with Gasteiger partial charge in [0.1, 0.15) is 0 Å². The normalized spacial score (nSPS) is 13.0. The van der Waals surface area contributed by atoms with Crippen molar-refractivity contribution < 1.29 is 19.8 Å². The molecule has 2 aliphatic heterocycles. The Hall–Kier alpha value is -4.98. The number of hydrogen-bond donors (Lipinski definition) is 4. The van der Waals surface area contributed by atoms with Crippen molar-refractivity contribution in [3.05, 3.63) is 88.5 Å². The van der Waals surface area contributed by atoms with Gasteiger partial charge in [-0.2, -0.15) is 0 Å². The molecule has 0 spiro atoms. The van der Waals surface area contributed by atoms with Crippen LogP contribution in [0.1, 0.15) is 78.1 Å². The van der Waals surface area contributed by atoms with E-state index in [1.807, 2.05) is 58.0 Å². The van der Waals surface area contributed by atoms with Gasteiger partial charge < -0.3 is 20.2 Å². The lowest BCUT2D eigenvalue weighted by Gasteiger charge is -2.03. The summed E-state index contributed by atoms with van der Waals surface area (Å²) in [7, 11) is 0. The second-order valence-corrected chi connectivity index (χ2v) is 10.7. The third-order valence-corrected chi connectivity index (χ3v) is 8.22. The maximum absolute atomic E-state index is 11.5. The van der Waals surface area contributed by atoms with Gasteiger partial charge in [0.15, 0.2) is 0 Å². The minimum Gasteiger partial charge on any atom is -0.481 e. The Labute approximate surface area is 243 Å². The molecule has 5 heterocycles. The zero-order valence-corrected chi connectivity index (χ0v) is 24.3. The number of rotatable bonds is 8. The molecular formula is C34H34N4O4. The summed E-state index contributed by atoms with van der Waals surface area (Å²) in [6.45, 7) is 16.1. The van der Waals surface area contributed by atoms with Gasteiger partial charge in [-0.15, -0.1) is 0 Å². The van der Waals surface area contributed by atoms with Crippen molar-refractivity contribution in [2.24, 2.45) is 0 Å². The molecule has 0 unspecified atom stereocenters. The SMILES string of the molecule is C=CC1=C(C)c2cc3[nH]c(cc4[nH]c(cc5nc(cc1n2)C(C)=C5CCC(=O)O)c(CCC(=O)O)c4C)c(C)c3C=C. The molecule has 4 N–H and O–H groups in total. The number of aryl methyl sites for hydroxylation is 3. The number of carbonyl (C=O) groups is 2. The van der Waals surface area contributed by atoms with Gasteiger partial charge in [0.25, 0.3) is 0 Å². The van der Waals surface area contributed by atoms with Crippen molar-refractivity contribution in [1.29, 1.82) is 0 Å². The first-order valence-electron chi connectivity index (χ1n) is 13.9. The Bertz CT molecular complexity index is 1920. The van der Waals surface area contributed by atoms with Crippen molar-refractivity contribution in [3.63, 3.8) is 0 Å². The van der Waals surface area contributed by atoms with Crippen LogP contribution in [-0.4, -0.2) is 42.1 Å². The van der Waals surface area contributed by atoms with E-state index in [-0.39, 0.29) is 12.8 Å². The molecule has 0 aromatic carbocycles. The van der Waals surface area contributed by atoms with Gasteiger partial charge >= 0.3 is 11.9 Å². The summed E-state index contributed by atoms with van der Waals surface area (Å²) in [6, 6.07) is 7.88. The zero-order chi connectivity index (χ0) is 30.3. The van der Waals surface area contributed by atoms with Crippen molar-refractivity contribution in [2.75, 3.05) is 0 Å². The highest BCUT2D eigenvalue weighted by atomic mass is 16.4. The van der Waals surface area contributed by atoms with E-state index in [1.54, 1.807) is 6.08 Å². The molecule has 214 valence electrons. The van der Waals surface area contributed by atoms with E-state index < -0.39 is 11.9 Å². The molecule has 0 radical (unpaired) electrons. The van der Waals surface area contributed by atoms with Crippen LogP contribution in [0.4, 0.5) is 0 Å². The van der Waals surface area contributed by atoms with Crippen molar-refractivity contribution in [2.45, 2.75) is 53.4 Å². The summed E-state index contributed by atoms with van der Waals surface area (Å²) in [4.78, 5) is 40.0. The number of aliphatic carboxylic acids is 2. The van der Waals surface area contributed by atoms with E-state index in [2.05, 4.69) is 23.1 Å². The lowest BCUT2D eigenvalue weighted by Crippen LogP contribution is -1.98. The molecule has 8 nitrogen and oxygen atoms in total. The molecule has 0 atom stereocenters. The minimum atomic E-state index is -0.887. The molecule has 2 aliphatic rings. The first-order chi connectivity index (χ1) is 20.0. The molecule has 3 aromatic rings. The van der Waals surface area contributed by atoms with Crippen molar-refractivity contribution >= 4 is 62.4 Å². The van der Waals surface area contributed by atoms with Gasteiger partial charge in [0.2, 0.25) is 0 Å². The van der Waals surface area contributed by atoms with E-state index in [4.69, 9.17) is 9.97 Å². The number of allylic oxidation sites excluding steroid dienone is 5. The lowest BCUT2D eigenvalue weighted by atomic mass is 10.00. The Morgan fingerprint density at radius 3 is 1.98 bits per heavy atom. The zero-order valence-electron chi connectivity index (χ0n) is 24.3. The minimum absolute atomic E-state index is 0.0208. The summed E-state index contributed by atoms with van der Waals surface area (Å²) in [5, 5.41) is 18.9. The first kappa shape index (κ1) is 28.5. The number of nitrogens with one attached hydrogen (secondary N) is 2. The third kappa shape index (κ3) is 5.11. The van der Waals surface area contributed by atoms with Gasteiger partial charge in [-0.1, -0.05) is 25.3 Å². The van der Waals surface area contributed by atoms with Gasteiger partial charge in [0, 0.05) is 46.0 Å². The lowest BCUT2D eigenvalue weighted by molar-refractivity contribution is -0.137. The average Bonchev–Trinajstić information content (AvgIpc) is 3.59. The highest BCUT2D eigenvalue weighted by Gasteiger charge is 2.21. The largest absolute Gasteiger partial charge is 0.481 e. The van der Waals surface area contributed by atoms with Gasteiger partial charge in [0.05, 0.1) is 22.8 Å². The van der Waals surface area contributed by atoms with Crippen molar-refractivity contribution in [1.82, 2.24) is 19.9 Å². The fourth-order valence-corrected chi connectivity index (χ4v) is 5.77. The van der Waals surface area contributed by atoms with Crippen LogP contribution in [0.5, 0.6) is 0 Å². The van der Waals surface area contributed by atoms with E-state index in [9.17, 15) is 19.8 Å². The van der Waals surface area contributed by atoms with Crippen LogP contribution >= 0.6 is 0 Å². The maximum atomic E-state index is 11.5. The van der Waals surface area contributed by atoms with Crippen LogP contribution < -0.4 is 0 Å². The fraction of sp³-hybridized carbons (Fsp3) is 0.235. The Kier molecular flexibility index (Phi) is 7.56. The molecule has 0 aliphatic carbocycles. The third-order valence-electron chi connectivity index (χ3n) is 8.22. The van der Waals surface area contributed by atoms with Crippen LogP contribution in [0.15, 0.2) is 43.5 Å². The fourth-order valence-electron chi connectivity index (χ4n) is 5.77. The molecule has 0 amide bonds.